The quantitative estimate of drug-likeness (QED) is 0.580. The van der Waals surface area contributed by atoms with Crippen LogP contribution < -0.4 is 11.2 Å². The number of nitrogens with zero attached hydrogens (tertiary/aromatic N) is 2. The molecule has 1 aliphatic rings. The molecule has 140 valence electrons. The third-order valence-corrected chi connectivity index (χ3v) is 5.52. The fourth-order valence-electron chi connectivity index (χ4n) is 3.18. The molecule has 0 aliphatic carbocycles. The molecule has 0 spiro atoms. The van der Waals surface area contributed by atoms with Gasteiger partial charge < -0.3 is 5.11 Å². The molecule has 1 aliphatic heterocycles. The van der Waals surface area contributed by atoms with Crippen LogP contribution >= 0.6 is 11.8 Å². The molecule has 2 heterocycles. The van der Waals surface area contributed by atoms with E-state index in [2.05, 4.69) is 0 Å². The molecule has 0 saturated heterocycles. The average Bonchev–Trinajstić information content (AvgIpc) is 2.63. The number of aliphatic hydroxyl groups excluding tert-OH is 1. The fourth-order valence-corrected chi connectivity index (χ4v) is 4.25. The molecular weight excluding hydrogens is 381 g/mol. The van der Waals surface area contributed by atoms with Gasteiger partial charge in [0.1, 0.15) is 0 Å². The number of aromatic nitrogens is 2. The fraction of sp³-hybridized carbons (Fsp3) is 0.222. The van der Waals surface area contributed by atoms with E-state index < -0.39 is 23.0 Å². The summed E-state index contributed by atoms with van der Waals surface area (Å²) in [4.78, 5) is 26.8. The Hall–Kier alpha value is -2.52. The summed E-state index contributed by atoms with van der Waals surface area (Å²) in [6.45, 7) is -0.232. The number of fused-ring (bicyclic) bond motifs is 2. The molecule has 5 nitrogen and oxygen atoms in total. The third-order valence-electron chi connectivity index (χ3n) is 4.41. The highest BCUT2D eigenvalue weighted by atomic mass is 32.2. The van der Waals surface area contributed by atoms with Gasteiger partial charge in [-0.3, -0.25) is 13.9 Å². The molecule has 0 unspecified atom stereocenters. The van der Waals surface area contributed by atoms with Gasteiger partial charge in [-0.05, 0) is 36.8 Å². The van der Waals surface area contributed by atoms with E-state index in [0.717, 1.165) is 16.7 Å². The summed E-state index contributed by atoms with van der Waals surface area (Å²) >= 11 is 1.22. The van der Waals surface area contributed by atoms with Gasteiger partial charge >= 0.3 is 11.9 Å². The molecule has 0 amide bonds. The number of aliphatic hydroxyl groups is 1. The Morgan fingerprint density at radius 2 is 1.85 bits per heavy atom. The number of hydrogen-bond acceptors (Lipinski definition) is 4. The van der Waals surface area contributed by atoms with Crippen LogP contribution in [-0.2, 0) is 12.7 Å². The van der Waals surface area contributed by atoms with E-state index in [0.29, 0.717) is 15.3 Å². The minimum Gasteiger partial charge on any atom is -0.396 e. The second kappa shape index (κ2) is 6.28. The lowest BCUT2D eigenvalue weighted by Gasteiger charge is -2.23. The van der Waals surface area contributed by atoms with E-state index in [-0.39, 0.29) is 30.6 Å². The highest BCUT2D eigenvalue weighted by Crippen LogP contribution is 2.42. The van der Waals surface area contributed by atoms with Gasteiger partial charge in [-0.15, -0.1) is 0 Å². The first-order chi connectivity index (χ1) is 12.8. The Morgan fingerprint density at radius 3 is 2.56 bits per heavy atom. The van der Waals surface area contributed by atoms with Crippen LogP contribution in [0.1, 0.15) is 12.0 Å². The average molecular weight is 394 g/mol. The summed E-state index contributed by atoms with van der Waals surface area (Å²) in [6, 6.07) is 8.18. The van der Waals surface area contributed by atoms with Crippen molar-refractivity contribution in [3.05, 3.63) is 62.8 Å². The first kappa shape index (κ1) is 17.9. The van der Waals surface area contributed by atoms with Crippen molar-refractivity contribution < 1.29 is 18.3 Å². The first-order valence-corrected chi connectivity index (χ1v) is 8.93. The van der Waals surface area contributed by atoms with E-state index in [9.17, 15) is 22.8 Å². The van der Waals surface area contributed by atoms with Crippen molar-refractivity contribution in [3.63, 3.8) is 0 Å². The maximum atomic E-state index is 13.2. The lowest BCUT2D eigenvalue weighted by molar-refractivity contribution is -0.137. The van der Waals surface area contributed by atoms with Crippen molar-refractivity contribution >= 4 is 22.7 Å². The summed E-state index contributed by atoms with van der Waals surface area (Å²) in [5, 5.41) is 9.29. The van der Waals surface area contributed by atoms with Gasteiger partial charge in [-0.2, -0.15) is 13.2 Å². The number of alkyl halides is 3. The zero-order valence-electron chi connectivity index (χ0n) is 13.8. The van der Waals surface area contributed by atoms with E-state index in [4.69, 9.17) is 5.11 Å². The van der Waals surface area contributed by atoms with Gasteiger partial charge in [-0.25, -0.2) is 4.79 Å². The molecule has 3 aromatic rings. The minimum atomic E-state index is -4.55. The lowest BCUT2D eigenvalue weighted by Crippen LogP contribution is -2.40. The topological polar surface area (TPSA) is 64.2 Å². The van der Waals surface area contributed by atoms with Crippen molar-refractivity contribution in [1.82, 2.24) is 9.13 Å². The number of rotatable bonds is 3. The number of benzene rings is 2. The predicted octanol–water partition coefficient (Wildman–Crippen LogP) is 3.02. The van der Waals surface area contributed by atoms with E-state index in [1.54, 1.807) is 18.2 Å². The van der Waals surface area contributed by atoms with E-state index in [1.165, 1.54) is 22.4 Å². The van der Waals surface area contributed by atoms with Crippen LogP contribution in [0.15, 0.2) is 55.8 Å². The van der Waals surface area contributed by atoms with Crippen LogP contribution in [0.4, 0.5) is 13.2 Å². The first-order valence-electron chi connectivity index (χ1n) is 8.12. The molecule has 0 atom stereocenters. The van der Waals surface area contributed by atoms with Gasteiger partial charge in [0.05, 0.1) is 22.2 Å². The van der Waals surface area contributed by atoms with Crippen LogP contribution in [0, 0.1) is 0 Å². The van der Waals surface area contributed by atoms with Crippen LogP contribution in [0.5, 0.6) is 0 Å². The van der Waals surface area contributed by atoms with Crippen LogP contribution in [0.25, 0.3) is 16.6 Å². The summed E-state index contributed by atoms with van der Waals surface area (Å²) in [5.74, 6) is 0. The second-order valence-corrected chi connectivity index (χ2v) is 7.17. The molecule has 9 heteroatoms. The van der Waals surface area contributed by atoms with Crippen molar-refractivity contribution in [1.29, 1.82) is 0 Å². The predicted molar refractivity (Wildman–Crippen MR) is 94.6 cm³/mol. The van der Waals surface area contributed by atoms with Gasteiger partial charge in [-0.1, -0.05) is 17.8 Å². The van der Waals surface area contributed by atoms with Crippen molar-refractivity contribution in [3.8, 4) is 5.69 Å². The summed E-state index contributed by atoms with van der Waals surface area (Å²) in [7, 11) is 0. The zero-order valence-corrected chi connectivity index (χ0v) is 14.6. The Balaban J connectivity index is 2.11. The molecule has 2 aromatic carbocycles. The van der Waals surface area contributed by atoms with Crippen molar-refractivity contribution in [2.24, 2.45) is 0 Å². The Morgan fingerprint density at radius 1 is 1.07 bits per heavy atom. The Kier molecular flexibility index (Phi) is 4.15. The maximum absolute atomic E-state index is 13.2. The molecule has 0 bridgehead atoms. The molecule has 1 N–H and O–H groups in total. The van der Waals surface area contributed by atoms with Gasteiger partial charge in [0.2, 0.25) is 0 Å². The third kappa shape index (κ3) is 2.78. The Labute approximate surface area is 154 Å². The summed E-state index contributed by atoms with van der Waals surface area (Å²) in [5.41, 5.74) is -1.69. The molecule has 0 saturated carbocycles. The molecule has 27 heavy (non-hydrogen) atoms. The van der Waals surface area contributed by atoms with Crippen LogP contribution in [-0.4, -0.2) is 20.8 Å². The van der Waals surface area contributed by atoms with E-state index >= 15 is 0 Å². The number of hydrogen-bond donors (Lipinski definition) is 1. The molecular formula is C18H13F3N2O3S. The molecule has 4 rings (SSSR count). The number of para-hydroxylation sites is 1. The van der Waals surface area contributed by atoms with Gasteiger partial charge in [0.25, 0.3) is 5.56 Å². The molecule has 0 radical (unpaired) electrons. The maximum Gasteiger partial charge on any atom is 0.416 e. The Bertz CT molecular complexity index is 1180. The monoisotopic (exact) mass is 394 g/mol. The normalized spacial score (nSPS) is 13.0. The summed E-state index contributed by atoms with van der Waals surface area (Å²) < 4.78 is 41.7. The lowest BCUT2D eigenvalue weighted by atomic mass is 10.1. The minimum absolute atomic E-state index is 0.0181. The van der Waals surface area contributed by atoms with E-state index in [1.807, 2.05) is 0 Å². The zero-order chi connectivity index (χ0) is 19.3. The van der Waals surface area contributed by atoms with Crippen LogP contribution in [0.3, 0.4) is 0 Å². The SMILES string of the molecule is O=c1c2cccc3c2n(c(=O)n1CCCO)-c1cc(C(F)(F)F)ccc1S3. The summed E-state index contributed by atoms with van der Waals surface area (Å²) in [6.07, 6.45) is -4.37. The largest absolute Gasteiger partial charge is 0.416 e. The molecule has 0 fully saturated rings. The highest BCUT2D eigenvalue weighted by Gasteiger charge is 2.33. The highest BCUT2D eigenvalue weighted by molar-refractivity contribution is 7.99. The van der Waals surface area contributed by atoms with Crippen molar-refractivity contribution in [2.45, 2.75) is 28.9 Å². The molecule has 1 aromatic heterocycles. The standard InChI is InChI=1S/C18H13F3N2O3S/c19-18(20,21)10-5-6-13-12(9-10)23-15-11(3-1-4-14(15)27-13)16(25)22(17(23)26)7-2-8-24/h1,3-6,9,24H,2,7-8H2. The van der Waals surface area contributed by atoms with Gasteiger partial charge in [0, 0.05) is 22.9 Å². The number of halogens is 3. The van der Waals surface area contributed by atoms with Crippen LogP contribution in [0.2, 0.25) is 0 Å². The second-order valence-electron chi connectivity index (χ2n) is 6.09. The van der Waals surface area contributed by atoms with Crippen molar-refractivity contribution in [2.75, 3.05) is 6.61 Å². The van der Waals surface area contributed by atoms with Gasteiger partial charge in [0.15, 0.2) is 0 Å². The smallest absolute Gasteiger partial charge is 0.396 e.